The summed E-state index contributed by atoms with van der Waals surface area (Å²) in [5.41, 5.74) is 3.47. The van der Waals surface area contributed by atoms with E-state index in [-0.39, 0.29) is 71.6 Å². The van der Waals surface area contributed by atoms with Gasteiger partial charge < -0.3 is 29.2 Å². The molecule has 0 saturated carbocycles. The molecular weight excluding hydrogens is 904 g/mol. The fraction of sp³-hybridized carbons (Fsp3) is 0.191. The molecule has 2 heterocycles. The first-order chi connectivity index (χ1) is 30.7. The highest BCUT2D eigenvalue weighted by atomic mass is 35.5. The fourth-order valence-corrected chi connectivity index (χ4v) is 7.20. The lowest BCUT2D eigenvalue weighted by atomic mass is 10.0. The van der Waals surface area contributed by atoms with Crippen LogP contribution in [-0.4, -0.2) is 44.1 Å². The quantitative estimate of drug-likeness (QED) is 0.0650. The van der Waals surface area contributed by atoms with E-state index < -0.39 is 18.1 Å². The van der Waals surface area contributed by atoms with Crippen molar-refractivity contribution in [3.05, 3.63) is 162 Å². The summed E-state index contributed by atoms with van der Waals surface area (Å²) in [7, 11) is 0. The number of rotatable bonds is 19. The number of nitrogens with zero attached hydrogens (tertiary/aromatic N) is 4. The first kappa shape index (κ1) is 47.1. The van der Waals surface area contributed by atoms with Crippen LogP contribution in [0.4, 0.5) is 0 Å². The zero-order chi connectivity index (χ0) is 46.0. The van der Waals surface area contributed by atoms with Gasteiger partial charge in [0.1, 0.15) is 67.1 Å². The van der Waals surface area contributed by atoms with Gasteiger partial charge in [-0.3, -0.25) is 24.9 Å². The Bertz CT molecular complexity index is 2810. The van der Waals surface area contributed by atoms with E-state index in [0.29, 0.717) is 65.9 Å². The third-order valence-corrected chi connectivity index (χ3v) is 11.3. The zero-order valence-corrected chi connectivity index (χ0v) is 37.1. The van der Waals surface area contributed by atoms with Crippen LogP contribution in [0.15, 0.2) is 97.6 Å². The number of benzene rings is 4. The van der Waals surface area contributed by atoms with Crippen molar-refractivity contribution in [1.29, 1.82) is 10.5 Å². The number of aliphatic hydroxyl groups excluding tert-OH is 1. The number of ketones is 1. The maximum absolute atomic E-state index is 12.5. The molecule has 4 aromatic carbocycles. The number of halogens is 4. The minimum atomic E-state index is -1.65. The van der Waals surface area contributed by atoms with Gasteiger partial charge in [0.05, 0.1) is 43.4 Å². The van der Waals surface area contributed by atoms with E-state index >= 15 is 0 Å². The van der Waals surface area contributed by atoms with Crippen LogP contribution in [0.2, 0.25) is 20.1 Å². The smallest absolute Gasteiger partial charge is 0.326 e. The number of carbonyl (C=O) groups is 2. The minimum absolute atomic E-state index is 0.00988. The van der Waals surface area contributed by atoms with Crippen molar-refractivity contribution in [1.82, 2.24) is 15.3 Å². The van der Waals surface area contributed by atoms with E-state index in [0.717, 1.165) is 0 Å². The molecule has 0 bridgehead atoms. The van der Waals surface area contributed by atoms with Crippen molar-refractivity contribution in [2.75, 3.05) is 6.61 Å². The monoisotopic (exact) mass is 939 g/mol. The SMILES string of the molecule is CC(=O)c1cc(Cl)c(OCc2cccc(-c3cccc(COc4cc(OCc5cncc(C#N)c5)c(CN[C@@](C)(CO)C(=O)O)cc4Cl)c3Cl)c2Cl)cc1OCc1cncc(C#N)c1. The lowest BCUT2D eigenvalue weighted by Crippen LogP contribution is -2.52. The van der Waals surface area contributed by atoms with E-state index in [1.807, 2.05) is 30.3 Å². The van der Waals surface area contributed by atoms with E-state index in [1.54, 1.807) is 54.9 Å². The topological polar surface area (TPSA) is 197 Å². The average Bonchev–Trinajstić information content (AvgIpc) is 3.29. The van der Waals surface area contributed by atoms with E-state index in [9.17, 15) is 30.3 Å². The molecule has 0 spiro atoms. The number of hydrogen-bond donors (Lipinski definition) is 3. The lowest BCUT2D eigenvalue weighted by Gasteiger charge is -2.25. The van der Waals surface area contributed by atoms with Gasteiger partial charge in [0.2, 0.25) is 0 Å². The Kier molecular flexibility index (Phi) is 15.7. The summed E-state index contributed by atoms with van der Waals surface area (Å²) in [6, 6.07) is 24.3. The van der Waals surface area contributed by atoms with Crippen LogP contribution < -0.4 is 24.3 Å². The Balaban J connectivity index is 1.20. The second-order valence-electron chi connectivity index (χ2n) is 14.5. The van der Waals surface area contributed by atoms with E-state index in [1.165, 1.54) is 38.4 Å². The predicted molar refractivity (Wildman–Crippen MR) is 240 cm³/mol. The second kappa shape index (κ2) is 21.3. The molecule has 6 aromatic rings. The number of pyridine rings is 2. The number of carboxylic acids is 1. The molecular formula is C47H37Cl4N5O8. The van der Waals surface area contributed by atoms with Gasteiger partial charge in [-0.05, 0) is 38.1 Å². The Morgan fingerprint density at radius 1 is 0.672 bits per heavy atom. The molecule has 326 valence electrons. The summed E-state index contributed by atoms with van der Waals surface area (Å²) in [5.74, 6) is -0.504. The Morgan fingerprint density at radius 2 is 1.16 bits per heavy atom. The fourth-order valence-electron chi connectivity index (χ4n) is 6.18. The summed E-state index contributed by atoms with van der Waals surface area (Å²) in [6.07, 6.45) is 5.98. The van der Waals surface area contributed by atoms with Crippen LogP contribution in [0.5, 0.6) is 23.0 Å². The van der Waals surface area contributed by atoms with E-state index in [2.05, 4.69) is 15.3 Å². The maximum atomic E-state index is 12.5. The molecule has 6 rings (SSSR count). The van der Waals surface area contributed by atoms with Crippen molar-refractivity contribution in [3.8, 4) is 46.3 Å². The highest BCUT2D eigenvalue weighted by Gasteiger charge is 2.32. The summed E-state index contributed by atoms with van der Waals surface area (Å²) in [4.78, 5) is 32.5. The van der Waals surface area contributed by atoms with Crippen LogP contribution in [0, 0.1) is 22.7 Å². The van der Waals surface area contributed by atoms with Crippen LogP contribution in [0.25, 0.3) is 11.1 Å². The molecule has 2 aromatic heterocycles. The molecule has 0 radical (unpaired) electrons. The van der Waals surface area contributed by atoms with Gasteiger partial charge >= 0.3 is 5.97 Å². The summed E-state index contributed by atoms with van der Waals surface area (Å²) < 4.78 is 24.5. The number of nitriles is 2. The molecule has 0 fully saturated rings. The summed E-state index contributed by atoms with van der Waals surface area (Å²) in [6.45, 7) is 2.04. The van der Waals surface area contributed by atoms with Gasteiger partial charge in [-0.25, -0.2) is 0 Å². The molecule has 0 saturated heterocycles. The van der Waals surface area contributed by atoms with E-state index in [4.69, 9.17) is 65.4 Å². The van der Waals surface area contributed by atoms with Gasteiger partial charge in [0.15, 0.2) is 5.78 Å². The molecule has 64 heavy (non-hydrogen) atoms. The number of Topliss-reactive ketones (excluding diaryl/α,β-unsaturated/α-hetero) is 1. The molecule has 1 atom stereocenters. The van der Waals surface area contributed by atoms with Gasteiger partial charge in [0.25, 0.3) is 0 Å². The van der Waals surface area contributed by atoms with Gasteiger partial charge in [0, 0.05) is 82.4 Å². The number of carbonyl (C=O) groups excluding carboxylic acids is 1. The van der Waals surface area contributed by atoms with Crippen molar-refractivity contribution in [2.45, 2.75) is 52.4 Å². The average molecular weight is 942 g/mol. The lowest BCUT2D eigenvalue weighted by molar-refractivity contribution is -0.145. The maximum Gasteiger partial charge on any atom is 0.326 e. The predicted octanol–water partition coefficient (Wildman–Crippen LogP) is 9.94. The zero-order valence-electron chi connectivity index (χ0n) is 34.1. The molecule has 0 unspecified atom stereocenters. The minimum Gasteiger partial charge on any atom is -0.488 e. The van der Waals surface area contributed by atoms with Crippen molar-refractivity contribution in [3.63, 3.8) is 0 Å². The number of aliphatic carboxylic acids is 1. The molecule has 0 amide bonds. The highest BCUT2D eigenvalue weighted by Crippen LogP contribution is 2.40. The van der Waals surface area contributed by atoms with Crippen LogP contribution in [0.1, 0.15) is 63.1 Å². The van der Waals surface area contributed by atoms with Gasteiger partial charge in [-0.2, -0.15) is 10.5 Å². The number of aromatic nitrogens is 2. The van der Waals surface area contributed by atoms with Crippen molar-refractivity contribution in [2.24, 2.45) is 0 Å². The van der Waals surface area contributed by atoms with Crippen molar-refractivity contribution < 1.29 is 38.7 Å². The second-order valence-corrected chi connectivity index (χ2v) is 16.0. The largest absolute Gasteiger partial charge is 0.488 e. The summed E-state index contributed by atoms with van der Waals surface area (Å²) >= 11 is 27.3. The number of hydrogen-bond acceptors (Lipinski definition) is 12. The Hall–Kier alpha value is -6.42. The first-order valence-electron chi connectivity index (χ1n) is 19.2. The number of nitrogens with one attached hydrogen (secondary N) is 1. The molecule has 0 aliphatic carbocycles. The molecule has 0 aliphatic rings. The third-order valence-electron chi connectivity index (χ3n) is 9.84. The molecule has 13 nitrogen and oxygen atoms in total. The Labute approximate surface area is 388 Å². The first-order valence-corrected chi connectivity index (χ1v) is 20.7. The molecule has 0 aliphatic heterocycles. The van der Waals surface area contributed by atoms with Crippen LogP contribution in [0.3, 0.4) is 0 Å². The van der Waals surface area contributed by atoms with Crippen LogP contribution in [-0.2, 0) is 37.8 Å². The summed E-state index contributed by atoms with van der Waals surface area (Å²) in [5, 5.41) is 42.0. The normalized spacial score (nSPS) is 11.8. The molecule has 17 heteroatoms. The number of carboxylic acid groups (broad SMARTS) is 1. The standard InChI is InChI=1S/C47H37Cl4N5O8/c1-27(58)37-12-39(49)43(14-41(37)62-23-31-10-29(16-53)18-55-20-31)64-25-33-6-4-8-36(45(33)51)35-7-3-5-32(44(35)50)24-63-42-13-40(61-22-30-9-28(15-52)17-54-19-30)34(11-38(42)48)21-56-47(2,26-57)46(59)60/h3-14,17-20,56-57H,21-26H2,1-2H3,(H,59,60)/t47-/m0/s1. The van der Waals surface area contributed by atoms with Gasteiger partial charge in [-0.15, -0.1) is 0 Å². The number of aliphatic hydroxyl groups is 1. The Morgan fingerprint density at radius 3 is 1.64 bits per heavy atom. The van der Waals surface area contributed by atoms with Crippen LogP contribution >= 0.6 is 46.4 Å². The van der Waals surface area contributed by atoms with Gasteiger partial charge in [-0.1, -0.05) is 82.8 Å². The highest BCUT2D eigenvalue weighted by molar-refractivity contribution is 6.37. The molecule has 3 N–H and O–H groups in total. The third kappa shape index (κ3) is 11.4. The van der Waals surface area contributed by atoms with Crippen molar-refractivity contribution >= 4 is 58.2 Å². The number of ether oxygens (including phenoxy) is 4.